The number of rotatable bonds is 6. The van der Waals surface area contributed by atoms with Crippen molar-refractivity contribution >= 4 is 5.97 Å². The minimum atomic E-state index is -0.697. The Kier molecular flexibility index (Phi) is 5.51. The Bertz CT molecular complexity index is 687. The molecule has 0 radical (unpaired) electrons. The van der Waals surface area contributed by atoms with Crippen LogP contribution in [0.15, 0.2) is 60.7 Å². The molecular weight excluding hydrogens is 314 g/mol. The van der Waals surface area contributed by atoms with E-state index in [-0.39, 0.29) is 18.1 Å². The summed E-state index contributed by atoms with van der Waals surface area (Å²) < 4.78 is 5.41. The second-order valence-corrected chi connectivity index (χ2v) is 6.71. The Morgan fingerprint density at radius 1 is 1.08 bits per heavy atom. The van der Waals surface area contributed by atoms with Gasteiger partial charge >= 0.3 is 5.97 Å². The second kappa shape index (κ2) is 7.81. The minimum Gasteiger partial charge on any atom is -0.458 e. The minimum absolute atomic E-state index is 0.0992. The number of aliphatic hydroxyl groups excluding tert-OH is 1. The van der Waals surface area contributed by atoms with Gasteiger partial charge < -0.3 is 9.84 Å². The van der Waals surface area contributed by atoms with Gasteiger partial charge in [0.25, 0.3) is 0 Å². The van der Waals surface area contributed by atoms with E-state index in [0.29, 0.717) is 13.0 Å². The molecule has 1 aliphatic heterocycles. The molecule has 2 aromatic carbocycles. The molecule has 1 N–H and O–H groups in total. The molecule has 3 rings (SSSR count). The summed E-state index contributed by atoms with van der Waals surface area (Å²) in [6.45, 7) is 4.52. The molecule has 2 aromatic rings. The molecule has 4 nitrogen and oxygen atoms in total. The first kappa shape index (κ1) is 17.6. The maximum Gasteiger partial charge on any atom is 0.307 e. The molecule has 0 bridgehead atoms. The summed E-state index contributed by atoms with van der Waals surface area (Å²) in [6.07, 6.45) is -0.889. The molecule has 1 aliphatic rings. The van der Waals surface area contributed by atoms with Crippen LogP contribution >= 0.6 is 0 Å². The van der Waals surface area contributed by atoms with Gasteiger partial charge in [0.15, 0.2) is 0 Å². The van der Waals surface area contributed by atoms with Crippen LogP contribution in [0.3, 0.4) is 0 Å². The molecule has 25 heavy (non-hydrogen) atoms. The molecule has 1 fully saturated rings. The lowest BCUT2D eigenvalue weighted by Gasteiger charge is -2.37. The smallest absolute Gasteiger partial charge is 0.307 e. The topological polar surface area (TPSA) is 49.8 Å². The van der Waals surface area contributed by atoms with Crippen molar-refractivity contribution in [2.45, 2.75) is 51.1 Å². The van der Waals surface area contributed by atoms with Crippen molar-refractivity contribution in [1.82, 2.24) is 4.90 Å². The van der Waals surface area contributed by atoms with Gasteiger partial charge in [0.2, 0.25) is 0 Å². The summed E-state index contributed by atoms with van der Waals surface area (Å²) in [5.41, 5.74) is 2.36. The van der Waals surface area contributed by atoms with Gasteiger partial charge in [-0.15, -0.1) is 0 Å². The summed E-state index contributed by atoms with van der Waals surface area (Å²) in [5.74, 6) is -0.241. The first-order valence-electron chi connectivity index (χ1n) is 8.78. The first-order valence-corrected chi connectivity index (χ1v) is 8.78. The van der Waals surface area contributed by atoms with Crippen molar-refractivity contribution in [3.05, 3.63) is 71.8 Å². The van der Waals surface area contributed by atoms with E-state index < -0.39 is 12.2 Å². The van der Waals surface area contributed by atoms with E-state index in [0.717, 1.165) is 0 Å². The number of ether oxygens (including phenoxy) is 1. The van der Waals surface area contributed by atoms with Crippen LogP contribution < -0.4 is 0 Å². The Morgan fingerprint density at radius 3 is 2.28 bits per heavy atom. The Morgan fingerprint density at radius 2 is 1.68 bits per heavy atom. The summed E-state index contributed by atoms with van der Waals surface area (Å²) in [6, 6.07) is 20.4. The van der Waals surface area contributed by atoms with Crippen molar-refractivity contribution in [1.29, 1.82) is 0 Å². The van der Waals surface area contributed by atoms with Crippen molar-refractivity contribution in [2.75, 3.05) is 0 Å². The number of hydrogen-bond donors (Lipinski definition) is 1. The molecule has 132 valence electrons. The van der Waals surface area contributed by atoms with Crippen LogP contribution in [0.2, 0.25) is 0 Å². The largest absolute Gasteiger partial charge is 0.458 e. The zero-order chi connectivity index (χ0) is 17.8. The molecule has 4 atom stereocenters. The van der Waals surface area contributed by atoms with E-state index in [2.05, 4.69) is 36.1 Å². The summed E-state index contributed by atoms with van der Waals surface area (Å²) in [4.78, 5) is 14.2. The third-order valence-electron chi connectivity index (χ3n) is 4.91. The molecule has 1 heterocycles. The summed E-state index contributed by atoms with van der Waals surface area (Å²) in [7, 11) is 0. The third kappa shape index (κ3) is 4.09. The summed E-state index contributed by atoms with van der Waals surface area (Å²) >= 11 is 0. The number of hydrogen-bond acceptors (Lipinski definition) is 4. The van der Waals surface area contributed by atoms with Crippen molar-refractivity contribution < 1.29 is 14.6 Å². The van der Waals surface area contributed by atoms with Gasteiger partial charge in [0, 0.05) is 12.6 Å². The van der Waals surface area contributed by atoms with Gasteiger partial charge in [0.1, 0.15) is 6.10 Å². The SMILES string of the molecule is C[C@H](c1ccccc1)N(Cc1ccccc1)[C@H]1CC(=O)O[C@H]1[C@@H](C)O. The number of cyclic esters (lactones) is 1. The van der Waals surface area contributed by atoms with Gasteiger partial charge in [-0.25, -0.2) is 0 Å². The Balaban J connectivity index is 1.92. The van der Waals surface area contributed by atoms with E-state index in [4.69, 9.17) is 4.74 Å². The molecule has 4 heteroatoms. The van der Waals surface area contributed by atoms with E-state index in [1.165, 1.54) is 11.1 Å². The lowest BCUT2D eigenvalue weighted by molar-refractivity contribution is -0.145. The van der Waals surface area contributed by atoms with E-state index in [1.807, 2.05) is 36.4 Å². The number of carbonyl (C=O) groups is 1. The van der Waals surface area contributed by atoms with Gasteiger partial charge in [-0.2, -0.15) is 0 Å². The predicted octanol–water partition coefficient (Wildman–Crippen LogP) is 3.31. The van der Waals surface area contributed by atoms with Gasteiger partial charge in [-0.3, -0.25) is 9.69 Å². The number of aliphatic hydroxyl groups is 1. The molecule has 0 spiro atoms. The van der Waals surface area contributed by atoms with Crippen LogP contribution in [-0.4, -0.2) is 34.2 Å². The molecule has 0 aliphatic carbocycles. The molecule has 0 saturated carbocycles. The van der Waals surface area contributed by atoms with Crippen LogP contribution in [-0.2, 0) is 16.1 Å². The quantitative estimate of drug-likeness (QED) is 0.820. The molecular formula is C21H25NO3. The fourth-order valence-corrected chi connectivity index (χ4v) is 3.55. The van der Waals surface area contributed by atoms with Crippen LogP contribution in [0.5, 0.6) is 0 Å². The Labute approximate surface area is 149 Å². The predicted molar refractivity (Wildman–Crippen MR) is 96.8 cm³/mol. The summed E-state index contributed by atoms with van der Waals surface area (Å²) in [5, 5.41) is 10.1. The maximum atomic E-state index is 11.9. The van der Waals surface area contributed by atoms with Crippen molar-refractivity contribution in [3.8, 4) is 0 Å². The van der Waals surface area contributed by atoms with Crippen molar-refractivity contribution in [3.63, 3.8) is 0 Å². The average Bonchev–Trinajstić information content (AvgIpc) is 3.02. The van der Waals surface area contributed by atoms with Crippen molar-refractivity contribution in [2.24, 2.45) is 0 Å². The fraction of sp³-hybridized carbons (Fsp3) is 0.381. The second-order valence-electron chi connectivity index (χ2n) is 6.71. The first-order chi connectivity index (χ1) is 12.1. The average molecular weight is 339 g/mol. The van der Waals surface area contributed by atoms with Gasteiger partial charge in [-0.1, -0.05) is 60.7 Å². The third-order valence-corrected chi connectivity index (χ3v) is 4.91. The van der Waals surface area contributed by atoms with E-state index in [9.17, 15) is 9.90 Å². The number of nitrogens with zero attached hydrogens (tertiary/aromatic N) is 1. The highest BCUT2D eigenvalue weighted by Gasteiger charge is 2.42. The number of esters is 1. The molecule has 0 aromatic heterocycles. The van der Waals surface area contributed by atoms with Gasteiger partial charge in [0.05, 0.1) is 18.6 Å². The van der Waals surface area contributed by atoms with Crippen LogP contribution in [0.25, 0.3) is 0 Å². The standard InChI is InChI=1S/C21H25NO3/c1-15(18-11-7-4-8-12-18)22(14-17-9-5-3-6-10-17)19-13-20(24)25-21(19)16(2)23/h3-12,15-16,19,21,23H,13-14H2,1-2H3/t15-,16-,19+,21+/m1/s1. The van der Waals surface area contributed by atoms with E-state index >= 15 is 0 Å². The Hall–Kier alpha value is -2.17. The molecule has 1 saturated heterocycles. The highest BCUT2D eigenvalue weighted by molar-refractivity contribution is 5.73. The lowest BCUT2D eigenvalue weighted by Crippen LogP contribution is -2.46. The van der Waals surface area contributed by atoms with Crippen LogP contribution in [0.1, 0.15) is 37.4 Å². The zero-order valence-electron chi connectivity index (χ0n) is 14.7. The monoisotopic (exact) mass is 339 g/mol. The van der Waals surface area contributed by atoms with Gasteiger partial charge in [-0.05, 0) is 25.0 Å². The maximum absolute atomic E-state index is 11.9. The normalized spacial score (nSPS) is 22.6. The number of benzene rings is 2. The highest BCUT2D eigenvalue weighted by atomic mass is 16.6. The fourth-order valence-electron chi connectivity index (χ4n) is 3.55. The lowest BCUT2D eigenvalue weighted by atomic mass is 9.98. The highest BCUT2D eigenvalue weighted by Crippen LogP contribution is 2.32. The molecule has 0 amide bonds. The van der Waals surface area contributed by atoms with Crippen LogP contribution in [0.4, 0.5) is 0 Å². The molecule has 0 unspecified atom stereocenters. The zero-order valence-corrected chi connectivity index (χ0v) is 14.7. The van der Waals surface area contributed by atoms with Crippen LogP contribution in [0, 0.1) is 0 Å². The van der Waals surface area contributed by atoms with E-state index in [1.54, 1.807) is 6.92 Å². The number of carbonyl (C=O) groups excluding carboxylic acids is 1.